The largest absolute Gasteiger partial charge is 0.494 e. The fourth-order valence-electron chi connectivity index (χ4n) is 2.90. The molecular formula is C19H23FN2O5S2. The number of ether oxygens (including phenoxy) is 2. The molecule has 10 heteroatoms. The first-order valence-corrected chi connectivity index (χ1v) is 11.4. The van der Waals surface area contributed by atoms with Crippen molar-refractivity contribution < 1.29 is 27.1 Å². The van der Waals surface area contributed by atoms with Crippen LogP contribution in [0, 0.1) is 5.82 Å². The Kier molecular flexibility index (Phi) is 7.23. The number of hydrogen-bond donors (Lipinski definition) is 1. The fraction of sp³-hybridized carbons (Fsp3) is 0.421. The van der Waals surface area contributed by atoms with Crippen LogP contribution in [0.25, 0.3) is 0 Å². The summed E-state index contributed by atoms with van der Waals surface area (Å²) in [6, 6.07) is 7.88. The Balaban J connectivity index is 1.50. The molecule has 1 aromatic heterocycles. The van der Waals surface area contributed by atoms with Crippen molar-refractivity contribution in [3.63, 3.8) is 0 Å². The van der Waals surface area contributed by atoms with Crippen molar-refractivity contribution in [2.45, 2.75) is 23.6 Å². The van der Waals surface area contributed by atoms with Gasteiger partial charge in [0.05, 0.1) is 26.9 Å². The summed E-state index contributed by atoms with van der Waals surface area (Å²) in [6.07, 6.45) is 0.601. The maximum absolute atomic E-state index is 13.7. The van der Waals surface area contributed by atoms with Crippen molar-refractivity contribution in [2.24, 2.45) is 0 Å². The zero-order chi connectivity index (χ0) is 20.9. The number of halogens is 1. The maximum Gasteiger partial charge on any atom is 0.252 e. The summed E-state index contributed by atoms with van der Waals surface area (Å²) in [6.45, 7) is 1.73. The number of carbonyl (C=O) groups is 1. The van der Waals surface area contributed by atoms with Crippen LogP contribution in [-0.2, 0) is 32.5 Å². The van der Waals surface area contributed by atoms with Gasteiger partial charge < -0.3 is 14.8 Å². The normalized spacial score (nSPS) is 15.2. The molecule has 7 nitrogen and oxygen atoms in total. The first-order chi connectivity index (χ1) is 13.9. The number of sulfonamides is 1. The van der Waals surface area contributed by atoms with Gasteiger partial charge in [-0.1, -0.05) is 6.07 Å². The predicted octanol–water partition coefficient (Wildman–Crippen LogP) is 2.17. The van der Waals surface area contributed by atoms with E-state index in [-0.39, 0.29) is 28.8 Å². The van der Waals surface area contributed by atoms with Gasteiger partial charge in [0.15, 0.2) is 11.6 Å². The number of amides is 1. The maximum atomic E-state index is 13.7. The van der Waals surface area contributed by atoms with Crippen molar-refractivity contribution in [1.29, 1.82) is 0 Å². The topological polar surface area (TPSA) is 84.9 Å². The Morgan fingerprint density at radius 1 is 1.28 bits per heavy atom. The van der Waals surface area contributed by atoms with Crippen molar-refractivity contribution >= 4 is 27.3 Å². The van der Waals surface area contributed by atoms with Crippen LogP contribution in [0.15, 0.2) is 34.5 Å². The Labute approximate surface area is 173 Å². The number of methoxy groups -OCH3 is 1. The molecule has 1 fully saturated rings. The van der Waals surface area contributed by atoms with Crippen LogP contribution < -0.4 is 10.1 Å². The summed E-state index contributed by atoms with van der Waals surface area (Å²) < 4.78 is 50.7. The zero-order valence-corrected chi connectivity index (χ0v) is 17.7. The monoisotopic (exact) mass is 442 g/mol. The van der Waals surface area contributed by atoms with Gasteiger partial charge in [0.2, 0.25) is 5.91 Å². The highest BCUT2D eigenvalue weighted by Crippen LogP contribution is 2.25. The standard InChI is InChI=1S/C19H23FN2O5S2/c1-26-17-5-2-14(12-16(17)20)3-6-18(23)21-13-15-4-7-19(28-15)29(24,25)22-8-10-27-11-9-22/h2,4-5,7,12H,3,6,8-11,13H2,1H3,(H,21,23). The van der Waals surface area contributed by atoms with E-state index in [4.69, 9.17) is 9.47 Å². The van der Waals surface area contributed by atoms with Crippen LogP contribution in [0.4, 0.5) is 4.39 Å². The second kappa shape index (κ2) is 9.66. The first-order valence-electron chi connectivity index (χ1n) is 9.16. The highest BCUT2D eigenvalue weighted by Gasteiger charge is 2.27. The second-order valence-electron chi connectivity index (χ2n) is 6.48. The third-order valence-corrected chi connectivity index (χ3v) is 7.97. The smallest absolute Gasteiger partial charge is 0.252 e. The molecule has 1 aliphatic rings. The summed E-state index contributed by atoms with van der Waals surface area (Å²) in [5, 5.41) is 2.78. The van der Waals surface area contributed by atoms with Crippen LogP contribution in [-0.4, -0.2) is 52.0 Å². The van der Waals surface area contributed by atoms with E-state index in [0.717, 1.165) is 16.2 Å². The van der Waals surface area contributed by atoms with E-state index in [1.807, 2.05) is 0 Å². The highest BCUT2D eigenvalue weighted by molar-refractivity contribution is 7.91. The predicted molar refractivity (Wildman–Crippen MR) is 107 cm³/mol. The van der Waals surface area contributed by atoms with Gasteiger partial charge >= 0.3 is 0 Å². The Hall–Kier alpha value is -2.01. The summed E-state index contributed by atoms with van der Waals surface area (Å²) in [5.74, 6) is -0.482. The van der Waals surface area contributed by atoms with E-state index in [0.29, 0.717) is 38.3 Å². The number of benzene rings is 1. The van der Waals surface area contributed by atoms with Gasteiger partial charge in [-0.2, -0.15) is 4.31 Å². The minimum absolute atomic E-state index is 0.165. The molecule has 0 atom stereocenters. The SMILES string of the molecule is COc1ccc(CCC(=O)NCc2ccc(S(=O)(=O)N3CCOCC3)s2)cc1F. The lowest BCUT2D eigenvalue weighted by Gasteiger charge is -2.25. The minimum Gasteiger partial charge on any atom is -0.494 e. The number of thiophene rings is 1. The highest BCUT2D eigenvalue weighted by atomic mass is 32.2. The Morgan fingerprint density at radius 2 is 2.03 bits per heavy atom. The minimum atomic E-state index is -3.52. The quantitative estimate of drug-likeness (QED) is 0.677. The summed E-state index contributed by atoms with van der Waals surface area (Å²) in [5.41, 5.74) is 0.702. The van der Waals surface area contributed by atoms with E-state index < -0.39 is 15.8 Å². The molecule has 29 heavy (non-hydrogen) atoms. The molecule has 158 valence electrons. The van der Waals surface area contributed by atoms with E-state index >= 15 is 0 Å². The van der Waals surface area contributed by atoms with Gasteiger partial charge in [0.25, 0.3) is 10.0 Å². The molecule has 1 aromatic carbocycles. The molecule has 1 saturated heterocycles. The van der Waals surface area contributed by atoms with Crippen LogP contribution >= 0.6 is 11.3 Å². The average Bonchev–Trinajstić information content (AvgIpc) is 3.21. The summed E-state index contributed by atoms with van der Waals surface area (Å²) in [4.78, 5) is 12.8. The van der Waals surface area contributed by atoms with Crippen molar-refractivity contribution in [3.8, 4) is 5.75 Å². The van der Waals surface area contributed by atoms with Gasteiger partial charge in [-0.15, -0.1) is 11.3 Å². The molecule has 0 bridgehead atoms. The number of carbonyl (C=O) groups excluding carboxylic acids is 1. The number of nitrogens with zero attached hydrogens (tertiary/aromatic N) is 1. The zero-order valence-electron chi connectivity index (χ0n) is 16.0. The lowest BCUT2D eigenvalue weighted by Crippen LogP contribution is -2.40. The molecule has 2 aromatic rings. The van der Waals surface area contributed by atoms with Gasteiger partial charge in [0.1, 0.15) is 4.21 Å². The van der Waals surface area contributed by atoms with Crippen LogP contribution in [0.1, 0.15) is 16.9 Å². The van der Waals surface area contributed by atoms with Crippen LogP contribution in [0.3, 0.4) is 0 Å². The third-order valence-electron chi connectivity index (χ3n) is 4.52. The van der Waals surface area contributed by atoms with Gasteiger partial charge in [0, 0.05) is 24.4 Å². The number of hydrogen-bond acceptors (Lipinski definition) is 6. The van der Waals surface area contributed by atoms with E-state index in [2.05, 4.69) is 5.32 Å². The van der Waals surface area contributed by atoms with Crippen molar-refractivity contribution in [2.75, 3.05) is 33.4 Å². The Morgan fingerprint density at radius 3 is 2.72 bits per heavy atom. The van der Waals surface area contributed by atoms with Gasteiger partial charge in [-0.05, 0) is 36.2 Å². The fourth-order valence-corrected chi connectivity index (χ4v) is 5.76. The second-order valence-corrected chi connectivity index (χ2v) is 9.82. The molecule has 0 aliphatic carbocycles. The summed E-state index contributed by atoms with van der Waals surface area (Å²) >= 11 is 1.15. The molecule has 0 saturated carbocycles. The number of morpholine rings is 1. The number of nitrogens with one attached hydrogen (secondary N) is 1. The van der Waals surface area contributed by atoms with Crippen molar-refractivity contribution in [3.05, 3.63) is 46.6 Å². The van der Waals surface area contributed by atoms with Crippen LogP contribution in [0.2, 0.25) is 0 Å². The lowest BCUT2D eigenvalue weighted by atomic mass is 10.1. The molecule has 0 spiro atoms. The molecule has 0 unspecified atom stereocenters. The number of aryl methyl sites for hydroxylation is 1. The molecule has 1 aliphatic heterocycles. The number of rotatable bonds is 8. The first kappa shape index (κ1) is 21.7. The lowest BCUT2D eigenvalue weighted by molar-refractivity contribution is -0.121. The summed E-state index contributed by atoms with van der Waals surface area (Å²) in [7, 11) is -2.13. The van der Waals surface area contributed by atoms with Gasteiger partial charge in [-0.25, -0.2) is 12.8 Å². The van der Waals surface area contributed by atoms with Crippen LogP contribution in [0.5, 0.6) is 5.75 Å². The van der Waals surface area contributed by atoms with E-state index in [1.165, 1.54) is 23.5 Å². The van der Waals surface area contributed by atoms with Gasteiger partial charge in [-0.3, -0.25) is 4.79 Å². The third kappa shape index (κ3) is 5.53. The molecule has 1 N–H and O–H groups in total. The van der Waals surface area contributed by atoms with E-state index in [1.54, 1.807) is 18.2 Å². The molecule has 1 amide bonds. The molecule has 2 heterocycles. The molecular weight excluding hydrogens is 419 g/mol. The Bertz CT molecular complexity index is 955. The molecule has 0 radical (unpaired) electrons. The molecule has 3 rings (SSSR count). The average molecular weight is 443 g/mol. The van der Waals surface area contributed by atoms with E-state index in [9.17, 15) is 17.6 Å². The van der Waals surface area contributed by atoms with Crippen molar-refractivity contribution in [1.82, 2.24) is 9.62 Å².